The van der Waals surface area contributed by atoms with E-state index in [1.165, 1.54) is 16.7 Å². The minimum atomic E-state index is -0.352. The van der Waals surface area contributed by atoms with Gasteiger partial charge in [0.25, 0.3) is 0 Å². The van der Waals surface area contributed by atoms with E-state index in [1.54, 1.807) is 6.08 Å². The van der Waals surface area contributed by atoms with Crippen LogP contribution < -0.4 is 10.1 Å². The van der Waals surface area contributed by atoms with Crippen molar-refractivity contribution in [2.45, 2.75) is 18.3 Å². The summed E-state index contributed by atoms with van der Waals surface area (Å²) in [6, 6.07) is 17.5. The van der Waals surface area contributed by atoms with Gasteiger partial charge in [-0.15, -0.1) is 16.8 Å². The van der Waals surface area contributed by atoms with Gasteiger partial charge in [0.05, 0.1) is 5.75 Å². The Morgan fingerprint density at radius 2 is 1.94 bits per heavy atom. The Kier molecular flexibility index (Phi) is 6.86. The monoisotopic (exact) mass is 449 g/mol. The second kappa shape index (κ2) is 10.1. The van der Waals surface area contributed by atoms with Crippen molar-refractivity contribution in [3.05, 3.63) is 73.1 Å². The quantitative estimate of drug-likeness (QED) is 0.398. The summed E-state index contributed by atoms with van der Waals surface area (Å²) in [5, 5.41) is 11.7. The minimum Gasteiger partial charge on any atom is -0.485 e. The molecule has 2 aromatic carbocycles. The number of carbonyl (C=O) groups is 2. The van der Waals surface area contributed by atoms with Gasteiger partial charge in [0.15, 0.2) is 11.0 Å². The van der Waals surface area contributed by atoms with E-state index in [0.717, 1.165) is 16.9 Å². The first-order chi connectivity index (χ1) is 15.7. The predicted octanol–water partition coefficient (Wildman–Crippen LogP) is 3.35. The Labute approximate surface area is 190 Å². The molecule has 164 valence electrons. The summed E-state index contributed by atoms with van der Waals surface area (Å²) >= 11 is 1.24. The van der Waals surface area contributed by atoms with Crippen LogP contribution in [0.3, 0.4) is 0 Å². The first-order valence-corrected chi connectivity index (χ1v) is 11.2. The fourth-order valence-electron chi connectivity index (χ4n) is 3.35. The number of rotatable bonds is 9. The zero-order valence-electron chi connectivity index (χ0n) is 17.4. The number of ether oxygens (including phenoxy) is 1. The number of imide groups is 1. The Morgan fingerprint density at radius 1 is 1.16 bits per heavy atom. The van der Waals surface area contributed by atoms with Gasteiger partial charge in [-0.05, 0) is 11.6 Å². The van der Waals surface area contributed by atoms with Crippen molar-refractivity contribution in [3.63, 3.8) is 0 Å². The topological polar surface area (TPSA) is 89.3 Å². The molecule has 1 fully saturated rings. The van der Waals surface area contributed by atoms with Crippen LogP contribution in [0, 0.1) is 0 Å². The summed E-state index contributed by atoms with van der Waals surface area (Å²) in [5.74, 6) is 1.21. The van der Waals surface area contributed by atoms with Crippen LogP contribution in [0.25, 0.3) is 11.1 Å². The first kappa shape index (κ1) is 21.6. The van der Waals surface area contributed by atoms with Gasteiger partial charge in [-0.1, -0.05) is 66.4 Å². The van der Waals surface area contributed by atoms with E-state index >= 15 is 0 Å². The molecule has 2 heterocycles. The maximum Gasteiger partial charge on any atom is 0.324 e. The van der Waals surface area contributed by atoms with E-state index in [4.69, 9.17) is 4.74 Å². The molecule has 0 radical (unpaired) electrons. The molecule has 3 amide bonds. The number of carbonyl (C=O) groups excluding carboxylic acids is 2. The molecule has 0 aliphatic carbocycles. The third-order valence-electron chi connectivity index (χ3n) is 4.92. The third-order valence-corrected chi connectivity index (χ3v) is 5.87. The molecule has 32 heavy (non-hydrogen) atoms. The van der Waals surface area contributed by atoms with Crippen LogP contribution in [-0.2, 0) is 17.9 Å². The number of hydrogen-bond acceptors (Lipinski definition) is 6. The highest BCUT2D eigenvalue weighted by atomic mass is 32.2. The first-order valence-electron chi connectivity index (χ1n) is 10.2. The number of aromatic nitrogens is 3. The second-order valence-corrected chi connectivity index (χ2v) is 7.96. The molecule has 9 heteroatoms. The summed E-state index contributed by atoms with van der Waals surface area (Å²) in [5.41, 5.74) is 2.06. The Hall–Kier alpha value is -3.59. The van der Waals surface area contributed by atoms with Gasteiger partial charge in [-0.25, -0.2) is 4.79 Å². The van der Waals surface area contributed by atoms with Gasteiger partial charge in [0.2, 0.25) is 5.91 Å². The van der Waals surface area contributed by atoms with Crippen LogP contribution >= 0.6 is 11.8 Å². The molecule has 1 saturated heterocycles. The highest BCUT2D eigenvalue weighted by molar-refractivity contribution is 7.99. The summed E-state index contributed by atoms with van der Waals surface area (Å²) in [7, 11) is 0. The Morgan fingerprint density at radius 3 is 2.69 bits per heavy atom. The summed E-state index contributed by atoms with van der Waals surface area (Å²) in [6.07, 6.45) is 1.74. The molecule has 0 saturated carbocycles. The Bertz CT molecular complexity index is 1120. The molecule has 0 bridgehead atoms. The number of hydrogen-bond donors (Lipinski definition) is 1. The van der Waals surface area contributed by atoms with Gasteiger partial charge in [-0.3, -0.25) is 14.3 Å². The zero-order valence-corrected chi connectivity index (χ0v) is 18.3. The van der Waals surface area contributed by atoms with Crippen molar-refractivity contribution < 1.29 is 14.3 Å². The molecular formula is C23H23N5O3S. The molecule has 1 aromatic heterocycles. The van der Waals surface area contributed by atoms with Crippen molar-refractivity contribution in [1.29, 1.82) is 0 Å². The molecule has 0 atom stereocenters. The summed E-state index contributed by atoms with van der Waals surface area (Å²) in [6.45, 7) is 5.36. The van der Waals surface area contributed by atoms with Crippen LogP contribution in [0.5, 0.6) is 5.75 Å². The molecule has 4 rings (SSSR count). The molecule has 1 aliphatic heterocycles. The average molecular weight is 450 g/mol. The van der Waals surface area contributed by atoms with Gasteiger partial charge in [0, 0.05) is 25.2 Å². The SMILES string of the molecule is C=CCn1c(COc2ccccc2-c2ccccc2)nnc1SCC(=O)N1CCNC1=O. The number of allylic oxidation sites excluding steroid dienone is 1. The molecule has 1 N–H and O–H groups in total. The van der Waals surface area contributed by atoms with Crippen molar-refractivity contribution in [2.24, 2.45) is 0 Å². The lowest BCUT2D eigenvalue weighted by atomic mass is 10.1. The van der Waals surface area contributed by atoms with Gasteiger partial charge >= 0.3 is 6.03 Å². The summed E-state index contributed by atoms with van der Waals surface area (Å²) in [4.78, 5) is 25.2. The predicted molar refractivity (Wildman–Crippen MR) is 122 cm³/mol. The Balaban J connectivity index is 1.46. The normalized spacial score (nSPS) is 13.1. The summed E-state index contributed by atoms with van der Waals surface area (Å²) < 4.78 is 7.97. The highest BCUT2D eigenvalue weighted by Crippen LogP contribution is 2.30. The molecule has 0 spiro atoms. The van der Waals surface area contributed by atoms with Crippen LogP contribution in [0.1, 0.15) is 5.82 Å². The fourth-order valence-corrected chi connectivity index (χ4v) is 4.19. The molecule has 0 unspecified atom stereocenters. The van der Waals surface area contributed by atoms with Crippen LogP contribution in [0.15, 0.2) is 72.4 Å². The number of para-hydroxylation sites is 1. The highest BCUT2D eigenvalue weighted by Gasteiger charge is 2.26. The minimum absolute atomic E-state index is 0.0976. The number of thioether (sulfide) groups is 1. The lowest BCUT2D eigenvalue weighted by Gasteiger charge is -2.13. The maximum absolute atomic E-state index is 12.3. The number of nitrogens with zero attached hydrogens (tertiary/aromatic N) is 4. The van der Waals surface area contributed by atoms with E-state index in [9.17, 15) is 9.59 Å². The van der Waals surface area contributed by atoms with E-state index in [-0.39, 0.29) is 24.3 Å². The van der Waals surface area contributed by atoms with Crippen LogP contribution in [0.2, 0.25) is 0 Å². The smallest absolute Gasteiger partial charge is 0.324 e. The zero-order chi connectivity index (χ0) is 22.3. The lowest BCUT2D eigenvalue weighted by Crippen LogP contribution is -2.35. The number of nitrogens with one attached hydrogen (secondary N) is 1. The van der Waals surface area contributed by atoms with E-state index in [0.29, 0.717) is 30.6 Å². The standard InChI is InChI=1S/C23H23N5O3S/c1-2-13-27-20(25-26-23(27)32-16-21(29)28-14-12-24-22(28)30)15-31-19-11-7-6-10-18(19)17-8-4-3-5-9-17/h2-11H,1,12-16H2,(H,24,30). The van der Waals surface area contributed by atoms with E-state index < -0.39 is 0 Å². The molecule has 3 aromatic rings. The van der Waals surface area contributed by atoms with Crippen molar-refractivity contribution in [3.8, 4) is 16.9 Å². The van der Waals surface area contributed by atoms with Crippen LogP contribution in [0.4, 0.5) is 4.79 Å². The molecular weight excluding hydrogens is 426 g/mol. The van der Waals surface area contributed by atoms with Crippen molar-refractivity contribution >= 4 is 23.7 Å². The van der Waals surface area contributed by atoms with E-state index in [2.05, 4.69) is 22.1 Å². The maximum atomic E-state index is 12.3. The number of benzene rings is 2. The molecule has 8 nitrogen and oxygen atoms in total. The van der Waals surface area contributed by atoms with Crippen molar-refractivity contribution in [1.82, 2.24) is 25.0 Å². The second-order valence-electron chi connectivity index (χ2n) is 7.01. The van der Waals surface area contributed by atoms with E-state index in [1.807, 2.05) is 59.2 Å². The average Bonchev–Trinajstić information content (AvgIpc) is 3.43. The van der Waals surface area contributed by atoms with Gasteiger partial charge in [-0.2, -0.15) is 0 Å². The van der Waals surface area contributed by atoms with Crippen molar-refractivity contribution in [2.75, 3.05) is 18.8 Å². The largest absolute Gasteiger partial charge is 0.485 e. The lowest BCUT2D eigenvalue weighted by molar-refractivity contribution is -0.124. The third kappa shape index (κ3) is 4.83. The van der Waals surface area contributed by atoms with Gasteiger partial charge < -0.3 is 10.1 Å². The number of urea groups is 1. The fraction of sp³-hybridized carbons (Fsp3) is 0.217. The van der Waals surface area contributed by atoms with Gasteiger partial charge in [0.1, 0.15) is 12.4 Å². The number of amides is 3. The van der Waals surface area contributed by atoms with Crippen LogP contribution in [-0.4, -0.2) is 50.4 Å². The molecule has 1 aliphatic rings.